The lowest BCUT2D eigenvalue weighted by Gasteiger charge is -2.11. The number of carbonyl (C=O) groups is 1. The Hall–Kier alpha value is -2.89. The summed E-state index contributed by atoms with van der Waals surface area (Å²) in [6.45, 7) is 0. The largest absolute Gasteiger partial charge is 0.504 e. The molecule has 0 bridgehead atoms. The molecule has 0 spiro atoms. The molecule has 0 radical (unpaired) electrons. The van der Waals surface area contributed by atoms with Crippen molar-refractivity contribution in [1.29, 1.82) is 0 Å². The van der Waals surface area contributed by atoms with Crippen molar-refractivity contribution >= 4 is 17.3 Å². The van der Waals surface area contributed by atoms with Gasteiger partial charge in [-0.3, -0.25) is 4.79 Å². The van der Waals surface area contributed by atoms with Gasteiger partial charge in [-0.2, -0.15) is 0 Å². The molecule has 0 unspecified atom stereocenters. The standard InChI is InChI=1S/C14H14N2O4/c1-20-13-7-9(15)3-4-10(13)16-14(19)8-2-5-11(17)12(18)6-8/h2-7,17-18H,15H2,1H3,(H,16,19). The minimum atomic E-state index is -0.441. The highest BCUT2D eigenvalue weighted by molar-refractivity contribution is 6.05. The highest BCUT2D eigenvalue weighted by Crippen LogP contribution is 2.28. The number of ether oxygens (including phenoxy) is 1. The monoisotopic (exact) mass is 274 g/mol. The fourth-order valence-corrected chi connectivity index (χ4v) is 1.67. The van der Waals surface area contributed by atoms with Crippen LogP contribution in [0.25, 0.3) is 0 Å². The lowest BCUT2D eigenvalue weighted by Crippen LogP contribution is -2.12. The van der Waals surface area contributed by atoms with Crippen LogP contribution in [0.15, 0.2) is 36.4 Å². The quantitative estimate of drug-likeness (QED) is 0.505. The Kier molecular flexibility index (Phi) is 3.65. The Labute approximate surface area is 115 Å². The van der Waals surface area contributed by atoms with E-state index in [1.54, 1.807) is 18.2 Å². The Bertz CT molecular complexity index is 656. The third-order valence-corrected chi connectivity index (χ3v) is 2.71. The summed E-state index contributed by atoms with van der Waals surface area (Å²) in [6.07, 6.45) is 0. The summed E-state index contributed by atoms with van der Waals surface area (Å²) in [5.41, 5.74) is 6.81. The van der Waals surface area contributed by atoms with Crippen molar-refractivity contribution in [1.82, 2.24) is 0 Å². The number of anilines is 2. The molecule has 0 saturated carbocycles. The molecule has 2 aromatic carbocycles. The van der Waals surface area contributed by atoms with Crippen LogP contribution in [0.4, 0.5) is 11.4 Å². The van der Waals surface area contributed by atoms with Crippen LogP contribution in [0.5, 0.6) is 17.2 Å². The van der Waals surface area contributed by atoms with Gasteiger partial charge in [0.05, 0.1) is 12.8 Å². The maximum absolute atomic E-state index is 12.0. The summed E-state index contributed by atoms with van der Waals surface area (Å²) in [7, 11) is 1.47. The van der Waals surface area contributed by atoms with Crippen molar-refractivity contribution in [3.63, 3.8) is 0 Å². The molecule has 0 saturated heterocycles. The van der Waals surface area contributed by atoms with Crippen LogP contribution in [-0.4, -0.2) is 23.2 Å². The van der Waals surface area contributed by atoms with Gasteiger partial charge in [0.1, 0.15) is 5.75 Å². The van der Waals surface area contributed by atoms with E-state index in [9.17, 15) is 15.0 Å². The predicted molar refractivity (Wildman–Crippen MR) is 75.1 cm³/mol. The first-order valence-electron chi connectivity index (χ1n) is 5.78. The highest BCUT2D eigenvalue weighted by atomic mass is 16.5. The molecular weight excluding hydrogens is 260 g/mol. The Morgan fingerprint density at radius 1 is 1.15 bits per heavy atom. The topological polar surface area (TPSA) is 105 Å². The van der Waals surface area contributed by atoms with Gasteiger partial charge >= 0.3 is 0 Å². The molecular formula is C14H14N2O4. The normalized spacial score (nSPS) is 10.1. The van der Waals surface area contributed by atoms with Gasteiger partial charge in [-0.05, 0) is 30.3 Å². The van der Waals surface area contributed by atoms with Crippen LogP contribution in [0, 0.1) is 0 Å². The molecule has 2 aromatic rings. The fraction of sp³-hybridized carbons (Fsp3) is 0.0714. The molecule has 0 aromatic heterocycles. The predicted octanol–water partition coefficient (Wildman–Crippen LogP) is 1.94. The fourth-order valence-electron chi connectivity index (χ4n) is 1.67. The smallest absolute Gasteiger partial charge is 0.255 e. The molecule has 0 fully saturated rings. The molecule has 6 heteroatoms. The Morgan fingerprint density at radius 2 is 1.90 bits per heavy atom. The van der Waals surface area contributed by atoms with Gasteiger partial charge in [0.15, 0.2) is 11.5 Å². The number of nitrogens with two attached hydrogens (primary N) is 1. The summed E-state index contributed by atoms with van der Waals surface area (Å²) in [5.74, 6) is -0.654. The summed E-state index contributed by atoms with van der Waals surface area (Å²) < 4.78 is 5.12. The molecule has 2 rings (SSSR count). The molecule has 5 N–H and O–H groups in total. The number of carbonyl (C=O) groups excluding carboxylic acids is 1. The number of amides is 1. The third-order valence-electron chi connectivity index (χ3n) is 2.71. The maximum Gasteiger partial charge on any atom is 0.255 e. The first-order valence-corrected chi connectivity index (χ1v) is 5.78. The van der Waals surface area contributed by atoms with E-state index in [-0.39, 0.29) is 17.1 Å². The molecule has 104 valence electrons. The van der Waals surface area contributed by atoms with Gasteiger partial charge in [-0.25, -0.2) is 0 Å². The van der Waals surface area contributed by atoms with Crippen molar-refractivity contribution in [2.45, 2.75) is 0 Å². The number of methoxy groups -OCH3 is 1. The summed E-state index contributed by atoms with van der Waals surface area (Å²) in [6, 6.07) is 8.65. The van der Waals surface area contributed by atoms with E-state index in [1.165, 1.54) is 25.3 Å². The average molecular weight is 274 g/mol. The summed E-state index contributed by atoms with van der Waals surface area (Å²) in [5, 5.41) is 21.2. The number of rotatable bonds is 3. The van der Waals surface area contributed by atoms with E-state index in [4.69, 9.17) is 10.5 Å². The second-order valence-corrected chi connectivity index (χ2v) is 4.12. The van der Waals surface area contributed by atoms with E-state index in [0.29, 0.717) is 17.1 Å². The van der Waals surface area contributed by atoms with E-state index < -0.39 is 5.91 Å². The Morgan fingerprint density at radius 3 is 2.55 bits per heavy atom. The number of phenols is 2. The van der Waals surface area contributed by atoms with Crippen molar-refractivity contribution in [3.8, 4) is 17.2 Å². The molecule has 0 heterocycles. The maximum atomic E-state index is 12.0. The van der Waals surface area contributed by atoms with Crippen LogP contribution in [0.1, 0.15) is 10.4 Å². The number of hydrogen-bond donors (Lipinski definition) is 4. The number of benzene rings is 2. The van der Waals surface area contributed by atoms with Gasteiger partial charge in [0, 0.05) is 17.3 Å². The lowest BCUT2D eigenvalue weighted by atomic mass is 10.1. The number of hydrogen-bond acceptors (Lipinski definition) is 5. The molecule has 1 amide bonds. The van der Waals surface area contributed by atoms with Gasteiger partial charge in [-0.1, -0.05) is 0 Å². The minimum absolute atomic E-state index is 0.208. The molecule has 0 aliphatic rings. The van der Waals surface area contributed by atoms with Crippen molar-refractivity contribution < 1.29 is 19.7 Å². The highest BCUT2D eigenvalue weighted by Gasteiger charge is 2.12. The van der Waals surface area contributed by atoms with E-state index in [0.717, 1.165) is 0 Å². The molecule has 0 aliphatic carbocycles. The zero-order valence-electron chi connectivity index (χ0n) is 10.8. The van der Waals surface area contributed by atoms with Gasteiger partial charge in [0.2, 0.25) is 0 Å². The van der Waals surface area contributed by atoms with Crippen LogP contribution in [0.3, 0.4) is 0 Å². The van der Waals surface area contributed by atoms with Crippen LogP contribution >= 0.6 is 0 Å². The zero-order chi connectivity index (χ0) is 14.7. The molecule has 0 aliphatic heterocycles. The van der Waals surface area contributed by atoms with Crippen molar-refractivity contribution in [3.05, 3.63) is 42.0 Å². The lowest BCUT2D eigenvalue weighted by molar-refractivity contribution is 0.102. The van der Waals surface area contributed by atoms with Gasteiger partial charge < -0.3 is 26.0 Å². The molecule has 20 heavy (non-hydrogen) atoms. The van der Waals surface area contributed by atoms with E-state index in [1.807, 2.05) is 0 Å². The average Bonchev–Trinajstić information content (AvgIpc) is 2.43. The minimum Gasteiger partial charge on any atom is -0.504 e. The second kappa shape index (κ2) is 5.40. The SMILES string of the molecule is COc1cc(N)ccc1NC(=O)c1ccc(O)c(O)c1. The summed E-state index contributed by atoms with van der Waals surface area (Å²) in [4.78, 5) is 12.0. The summed E-state index contributed by atoms with van der Waals surface area (Å²) >= 11 is 0. The van der Waals surface area contributed by atoms with Crippen LogP contribution in [0.2, 0.25) is 0 Å². The molecule has 6 nitrogen and oxygen atoms in total. The molecule has 0 atom stereocenters. The zero-order valence-corrected chi connectivity index (χ0v) is 10.8. The first-order chi connectivity index (χ1) is 9.51. The van der Waals surface area contributed by atoms with E-state index in [2.05, 4.69) is 5.32 Å². The van der Waals surface area contributed by atoms with Crippen LogP contribution in [-0.2, 0) is 0 Å². The first kappa shape index (κ1) is 13.5. The number of nitrogen functional groups attached to an aromatic ring is 1. The van der Waals surface area contributed by atoms with Gasteiger partial charge in [0.25, 0.3) is 5.91 Å². The van der Waals surface area contributed by atoms with Gasteiger partial charge in [-0.15, -0.1) is 0 Å². The van der Waals surface area contributed by atoms with Crippen LogP contribution < -0.4 is 15.8 Å². The van der Waals surface area contributed by atoms with E-state index >= 15 is 0 Å². The third kappa shape index (κ3) is 2.74. The van der Waals surface area contributed by atoms with Crippen molar-refractivity contribution in [2.75, 3.05) is 18.2 Å². The van der Waals surface area contributed by atoms with Crippen molar-refractivity contribution in [2.24, 2.45) is 0 Å². The second-order valence-electron chi connectivity index (χ2n) is 4.12. The Balaban J connectivity index is 2.25. The number of aromatic hydroxyl groups is 2. The number of phenolic OH excluding ortho intramolecular Hbond substituents is 2. The number of nitrogens with one attached hydrogen (secondary N) is 1.